The van der Waals surface area contributed by atoms with E-state index in [1.807, 2.05) is 32.0 Å². The van der Waals surface area contributed by atoms with Crippen LogP contribution in [0.1, 0.15) is 35.9 Å². The zero-order valence-corrected chi connectivity index (χ0v) is 16.0. The van der Waals surface area contributed by atoms with Crippen LogP contribution in [0.4, 0.5) is 5.69 Å². The van der Waals surface area contributed by atoms with Gasteiger partial charge in [0, 0.05) is 17.5 Å². The highest BCUT2D eigenvalue weighted by atomic mass is 16.6. The van der Waals surface area contributed by atoms with Crippen LogP contribution in [-0.2, 0) is 0 Å². The number of ether oxygens (including phenoxy) is 2. The van der Waals surface area contributed by atoms with Gasteiger partial charge < -0.3 is 14.8 Å². The molecule has 4 rings (SSSR count). The second kappa shape index (κ2) is 7.42. The van der Waals surface area contributed by atoms with Crippen molar-refractivity contribution in [2.75, 3.05) is 13.2 Å². The summed E-state index contributed by atoms with van der Waals surface area (Å²) in [5.74, 6) is 1.00. The lowest BCUT2D eigenvalue weighted by Gasteiger charge is -2.25. The van der Waals surface area contributed by atoms with Crippen LogP contribution in [0.2, 0.25) is 0 Å². The van der Waals surface area contributed by atoms with Crippen LogP contribution in [0.15, 0.2) is 36.4 Å². The molecule has 0 bridgehead atoms. The fraction of sp³-hybridized carbons (Fsp3) is 0.300. The Bertz CT molecular complexity index is 1090. The molecule has 0 spiro atoms. The van der Waals surface area contributed by atoms with E-state index in [1.165, 1.54) is 18.2 Å². The summed E-state index contributed by atoms with van der Waals surface area (Å²) in [6.45, 7) is 4.98. The van der Waals surface area contributed by atoms with Crippen molar-refractivity contribution in [3.63, 3.8) is 0 Å². The summed E-state index contributed by atoms with van der Waals surface area (Å²) < 4.78 is 11.2. The van der Waals surface area contributed by atoms with Crippen molar-refractivity contribution in [1.82, 2.24) is 15.5 Å². The molecule has 150 valence electrons. The number of aromatic amines is 1. The quantitative estimate of drug-likeness (QED) is 0.504. The van der Waals surface area contributed by atoms with Crippen molar-refractivity contribution in [2.24, 2.45) is 5.92 Å². The van der Waals surface area contributed by atoms with Gasteiger partial charge in [-0.1, -0.05) is 19.9 Å². The Morgan fingerprint density at radius 1 is 1.17 bits per heavy atom. The zero-order chi connectivity index (χ0) is 20.5. The molecule has 0 aliphatic carbocycles. The molecule has 1 unspecified atom stereocenters. The molecule has 0 saturated heterocycles. The molecular formula is C20H20N4O5. The third-order valence-electron chi connectivity index (χ3n) is 4.85. The van der Waals surface area contributed by atoms with Gasteiger partial charge >= 0.3 is 0 Å². The largest absolute Gasteiger partial charge is 0.486 e. The third kappa shape index (κ3) is 3.58. The molecule has 3 aromatic rings. The number of aromatic nitrogens is 2. The fourth-order valence-electron chi connectivity index (χ4n) is 3.39. The molecule has 1 amide bonds. The van der Waals surface area contributed by atoms with Crippen LogP contribution < -0.4 is 14.8 Å². The summed E-state index contributed by atoms with van der Waals surface area (Å²) in [6.07, 6.45) is 0. The van der Waals surface area contributed by atoms with E-state index in [-0.39, 0.29) is 23.3 Å². The molecule has 1 atom stereocenters. The molecule has 1 aliphatic heterocycles. The highest BCUT2D eigenvalue weighted by Gasteiger charge is 2.24. The Morgan fingerprint density at radius 3 is 2.66 bits per heavy atom. The number of rotatable bonds is 5. The van der Waals surface area contributed by atoms with E-state index in [4.69, 9.17) is 9.47 Å². The summed E-state index contributed by atoms with van der Waals surface area (Å²) in [4.78, 5) is 23.5. The number of nitrogens with zero attached hydrogens (tertiary/aromatic N) is 2. The number of H-pyrrole nitrogens is 1. The molecule has 9 heteroatoms. The Labute approximate surface area is 166 Å². The molecule has 1 aromatic heterocycles. The minimum absolute atomic E-state index is 0.0843. The van der Waals surface area contributed by atoms with Gasteiger partial charge in [-0.2, -0.15) is 5.10 Å². The first kappa shape index (κ1) is 18.7. The number of fused-ring (bicyclic) bond motifs is 2. The minimum Gasteiger partial charge on any atom is -0.486 e. The topological polar surface area (TPSA) is 119 Å². The molecule has 1 aliphatic rings. The fourth-order valence-corrected chi connectivity index (χ4v) is 3.39. The van der Waals surface area contributed by atoms with Gasteiger partial charge in [-0.05, 0) is 29.7 Å². The molecule has 2 N–H and O–H groups in total. The van der Waals surface area contributed by atoms with Crippen molar-refractivity contribution in [1.29, 1.82) is 0 Å². The van der Waals surface area contributed by atoms with E-state index >= 15 is 0 Å². The van der Waals surface area contributed by atoms with E-state index in [2.05, 4.69) is 15.5 Å². The average Bonchev–Trinajstić information content (AvgIpc) is 3.14. The number of benzene rings is 2. The predicted octanol–water partition coefficient (Wildman–Crippen LogP) is 3.37. The lowest BCUT2D eigenvalue weighted by molar-refractivity contribution is -0.384. The first-order chi connectivity index (χ1) is 13.9. The number of carbonyl (C=O) groups excluding carboxylic acids is 1. The number of nitro benzene ring substituents is 1. The van der Waals surface area contributed by atoms with Crippen LogP contribution in [0.3, 0.4) is 0 Å². The summed E-state index contributed by atoms with van der Waals surface area (Å²) in [5, 5.41) is 21.3. The lowest BCUT2D eigenvalue weighted by Crippen LogP contribution is -2.32. The third-order valence-corrected chi connectivity index (χ3v) is 4.85. The molecule has 0 saturated carbocycles. The number of carbonyl (C=O) groups is 1. The zero-order valence-electron chi connectivity index (χ0n) is 16.0. The summed E-state index contributed by atoms with van der Waals surface area (Å²) >= 11 is 0. The van der Waals surface area contributed by atoms with Gasteiger partial charge in [0.2, 0.25) is 0 Å². The van der Waals surface area contributed by atoms with E-state index in [9.17, 15) is 14.9 Å². The standard InChI is InChI=1S/C20H20N4O5/c1-11(2)18(12-3-6-16-17(9-12)29-8-7-28-16)21-20(25)19-14-10-13(24(26)27)4-5-15(14)22-23-19/h3-6,9-11,18H,7-8H2,1-2H3,(H,21,25)(H,22,23). The van der Waals surface area contributed by atoms with Crippen molar-refractivity contribution in [3.8, 4) is 11.5 Å². The molecule has 0 fully saturated rings. The van der Waals surface area contributed by atoms with Crippen molar-refractivity contribution in [2.45, 2.75) is 19.9 Å². The second-order valence-corrected chi connectivity index (χ2v) is 7.16. The normalized spacial score (nSPS) is 14.0. The van der Waals surface area contributed by atoms with Crippen LogP contribution in [0, 0.1) is 16.0 Å². The van der Waals surface area contributed by atoms with Gasteiger partial charge in [0.15, 0.2) is 17.2 Å². The first-order valence-corrected chi connectivity index (χ1v) is 9.27. The number of amides is 1. The van der Waals surface area contributed by atoms with Crippen molar-refractivity contribution in [3.05, 3.63) is 57.8 Å². The minimum atomic E-state index is -0.500. The molecule has 2 heterocycles. The second-order valence-electron chi connectivity index (χ2n) is 7.16. The van der Waals surface area contributed by atoms with Crippen molar-refractivity contribution < 1.29 is 19.2 Å². The number of nitro groups is 1. The smallest absolute Gasteiger partial charge is 0.272 e. The van der Waals surface area contributed by atoms with Gasteiger partial charge in [0.05, 0.1) is 16.5 Å². The molecular weight excluding hydrogens is 376 g/mol. The van der Waals surface area contributed by atoms with Crippen LogP contribution in [0.25, 0.3) is 10.9 Å². The molecule has 2 aromatic carbocycles. The summed E-state index contributed by atoms with van der Waals surface area (Å²) in [7, 11) is 0. The van der Waals surface area contributed by atoms with Gasteiger partial charge in [0.1, 0.15) is 13.2 Å². The number of nitrogens with one attached hydrogen (secondary N) is 2. The van der Waals surface area contributed by atoms with Gasteiger partial charge in [-0.15, -0.1) is 0 Å². The van der Waals surface area contributed by atoms with E-state index < -0.39 is 10.8 Å². The number of hydrogen-bond donors (Lipinski definition) is 2. The maximum Gasteiger partial charge on any atom is 0.272 e. The van der Waals surface area contributed by atoms with Gasteiger partial charge in [0.25, 0.3) is 11.6 Å². The Balaban J connectivity index is 1.64. The molecule has 29 heavy (non-hydrogen) atoms. The van der Waals surface area contributed by atoms with E-state index in [1.54, 1.807) is 0 Å². The van der Waals surface area contributed by atoms with Crippen molar-refractivity contribution >= 4 is 22.5 Å². The number of non-ortho nitro benzene ring substituents is 1. The summed E-state index contributed by atoms with van der Waals surface area (Å²) in [5.41, 5.74) is 1.46. The highest BCUT2D eigenvalue weighted by Crippen LogP contribution is 2.34. The summed E-state index contributed by atoms with van der Waals surface area (Å²) in [6, 6.07) is 9.55. The van der Waals surface area contributed by atoms with Gasteiger partial charge in [-0.25, -0.2) is 0 Å². The highest BCUT2D eigenvalue weighted by molar-refractivity contribution is 6.05. The average molecular weight is 396 g/mol. The Hall–Kier alpha value is -3.62. The number of hydrogen-bond acceptors (Lipinski definition) is 6. The molecule has 9 nitrogen and oxygen atoms in total. The predicted molar refractivity (Wildman–Crippen MR) is 105 cm³/mol. The first-order valence-electron chi connectivity index (χ1n) is 9.27. The lowest BCUT2D eigenvalue weighted by atomic mass is 9.95. The maximum atomic E-state index is 13.0. The van der Waals surface area contributed by atoms with Crippen LogP contribution >= 0.6 is 0 Å². The Kier molecular flexibility index (Phi) is 4.79. The maximum absolute atomic E-state index is 13.0. The monoisotopic (exact) mass is 396 g/mol. The Morgan fingerprint density at radius 2 is 1.93 bits per heavy atom. The van der Waals surface area contributed by atoms with Gasteiger partial charge in [-0.3, -0.25) is 20.0 Å². The van der Waals surface area contributed by atoms with Crippen LogP contribution in [0.5, 0.6) is 11.5 Å². The van der Waals surface area contributed by atoms with E-state index in [0.717, 1.165) is 5.56 Å². The SMILES string of the molecule is CC(C)C(NC(=O)c1n[nH]c2ccc([N+](=O)[O-])cc12)c1ccc2c(c1)OCCO2. The molecule has 0 radical (unpaired) electrons. The van der Waals surface area contributed by atoms with E-state index in [0.29, 0.717) is 35.6 Å². The van der Waals surface area contributed by atoms with Crippen LogP contribution in [-0.4, -0.2) is 34.2 Å².